The number of aliphatic imine (C=N–C) groups is 1. The van der Waals surface area contributed by atoms with Crippen molar-refractivity contribution in [2.45, 2.75) is 24.5 Å². The summed E-state index contributed by atoms with van der Waals surface area (Å²) in [5, 5.41) is 3.00. The predicted molar refractivity (Wildman–Crippen MR) is 94.5 cm³/mol. The molecule has 0 fully saturated rings. The van der Waals surface area contributed by atoms with Crippen LogP contribution in [0, 0.1) is 0 Å². The van der Waals surface area contributed by atoms with Crippen LogP contribution >= 0.6 is 11.3 Å². The minimum atomic E-state index is -3.37. The van der Waals surface area contributed by atoms with Crippen LogP contribution in [0.1, 0.15) is 18.7 Å². The molecule has 0 aliphatic carbocycles. The number of ether oxygens (including phenoxy) is 1. The van der Waals surface area contributed by atoms with Crippen LogP contribution in [-0.4, -0.2) is 58.6 Å². The molecule has 132 valence electrons. The summed E-state index contributed by atoms with van der Waals surface area (Å²) in [4.78, 5) is 5.09. The number of thiophene rings is 1. The maximum atomic E-state index is 12.4. The molecule has 3 N–H and O–H groups in total. The molecule has 0 unspecified atom stereocenters. The van der Waals surface area contributed by atoms with Gasteiger partial charge in [-0.1, -0.05) is 13.8 Å². The fraction of sp³-hybridized carbons (Fsp3) is 0.643. The molecule has 1 rings (SSSR count). The van der Waals surface area contributed by atoms with Crippen LogP contribution in [-0.2, 0) is 21.2 Å². The van der Waals surface area contributed by atoms with Crippen molar-refractivity contribution in [3.63, 3.8) is 0 Å². The molecule has 1 aromatic rings. The number of nitrogens with two attached hydrogens (primary N) is 1. The molecule has 1 heterocycles. The standard InChI is InChI=1S/C14H26N4O3S2/c1-4-18(5-2)23(19,20)13-7-6-12(22-13)8-9-16-14(15)17-10-11-21-3/h6-7H,4-5,8-11H2,1-3H3,(H3,15,16,17). The number of hydrogen-bond donors (Lipinski definition) is 2. The molecule has 1 aromatic heterocycles. The molecular formula is C14H26N4O3S2. The Balaban J connectivity index is 2.56. The van der Waals surface area contributed by atoms with Gasteiger partial charge in [0.15, 0.2) is 5.96 Å². The van der Waals surface area contributed by atoms with E-state index >= 15 is 0 Å². The summed E-state index contributed by atoms with van der Waals surface area (Å²) in [7, 11) is -1.76. The molecule has 0 saturated carbocycles. The van der Waals surface area contributed by atoms with E-state index in [1.807, 2.05) is 19.9 Å². The van der Waals surface area contributed by atoms with Gasteiger partial charge in [-0.15, -0.1) is 11.3 Å². The normalized spacial score (nSPS) is 12.8. The van der Waals surface area contributed by atoms with Crippen LogP contribution in [0.5, 0.6) is 0 Å². The SMILES string of the molecule is CCN(CC)S(=O)(=O)c1ccc(CCNC(N)=NCCOC)s1. The van der Waals surface area contributed by atoms with Crippen LogP contribution in [0.15, 0.2) is 21.3 Å². The Bertz CT molecular complexity index is 595. The fourth-order valence-corrected chi connectivity index (χ4v) is 4.92. The van der Waals surface area contributed by atoms with Crippen molar-refractivity contribution < 1.29 is 13.2 Å². The first kappa shape index (κ1) is 19.9. The van der Waals surface area contributed by atoms with Gasteiger partial charge in [-0.25, -0.2) is 8.42 Å². The van der Waals surface area contributed by atoms with Crippen molar-refractivity contribution in [1.82, 2.24) is 9.62 Å². The monoisotopic (exact) mass is 362 g/mol. The number of nitrogens with zero attached hydrogens (tertiary/aromatic N) is 2. The van der Waals surface area contributed by atoms with Gasteiger partial charge < -0.3 is 15.8 Å². The average molecular weight is 363 g/mol. The Hall–Kier alpha value is -1.16. The van der Waals surface area contributed by atoms with Crippen LogP contribution in [0.25, 0.3) is 0 Å². The topological polar surface area (TPSA) is 97.0 Å². The van der Waals surface area contributed by atoms with Gasteiger partial charge in [0.05, 0.1) is 13.2 Å². The van der Waals surface area contributed by atoms with Gasteiger partial charge >= 0.3 is 0 Å². The summed E-state index contributed by atoms with van der Waals surface area (Å²) in [5.41, 5.74) is 5.71. The molecule has 7 nitrogen and oxygen atoms in total. The maximum Gasteiger partial charge on any atom is 0.252 e. The fourth-order valence-electron chi connectivity index (χ4n) is 1.95. The summed E-state index contributed by atoms with van der Waals surface area (Å²) < 4.78 is 31.5. The van der Waals surface area contributed by atoms with E-state index in [4.69, 9.17) is 10.5 Å². The highest BCUT2D eigenvalue weighted by atomic mass is 32.2. The Morgan fingerprint density at radius 3 is 2.70 bits per heavy atom. The summed E-state index contributed by atoms with van der Waals surface area (Å²) in [6.45, 7) is 6.27. The Morgan fingerprint density at radius 1 is 1.39 bits per heavy atom. The minimum absolute atomic E-state index is 0.370. The molecule has 0 bridgehead atoms. The smallest absolute Gasteiger partial charge is 0.252 e. The van der Waals surface area contributed by atoms with E-state index in [1.165, 1.54) is 15.6 Å². The Kier molecular flexibility index (Phi) is 8.53. The zero-order chi connectivity index (χ0) is 17.3. The van der Waals surface area contributed by atoms with Crippen molar-refractivity contribution >= 4 is 27.3 Å². The highest BCUT2D eigenvalue weighted by molar-refractivity contribution is 7.91. The molecular weight excluding hydrogens is 336 g/mol. The average Bonchev–Trinajstić information content (AvgIpc) is 2.98. The van der Waals surface area contributed by atoms with Crippen molar-refractivity contribution in [2.75, 3.05) is 39.9 Å². The second-order valence-electron chi connectivity index (χ2n) is 4.75. The third kappa shape index (κ3) is 6.09. The highest BCUT2D eigenvalue weighted by Gasteiger charge is 2.23. The first-order valence-electron chi connectivity index (χ1n) is 7.57. The summed E-state index contributed by atoms with van der Waals surface area (Å²) in [6, 6.07) is 3.52. The Morgan fingerprint density at radius 2 is 2.09 bits per heavy atom. The zero-order valence-electron chi connectivity index (χ0n) is 13.9. The van der Waals surface area contributed by atoms with Gasteiger partial charge in [-0.2, -0.15) is 4.31 Å². The van der Waals surface area contributed by atoms with Gasteiger partial charge in [0.2, 0.25) is 0 Å². The van der Waals surface area contributed by atoms with Crippen molar-refractivity contribution in [3.05, 3.63) is 17.0 Å². The second kappa shape index (κ2) is 9.86. The number of nitrogens with one attached hydrogen (secondary N) is 1. The molecule has 9 heteroatoms. The molecule has 0 atom stereocenters. The lowest BCUT2D eigenvalue weighted by Crippen LogP contribution is -2.33. The van der Waals surface area contributed by atoms with E-state index in [-0.39, 0.29) is 0 Å². The van der Waals surface area contributed by atoms with Crippen molar-refractivity contribution in [3.8, 4) is 0 Å². The molecule has 0 amide bonds. The van der Waals surface area contributed by atoms with E-state index < -0.39 is 10.0 Å². The van der Waals surface area contributed by atoms with E-state index in [2.05, 4.69) is 10.3 Å². The first-order valence-corrected chi connectivity index (χ1v) is 9.82. The third-order valence-electron chi connectivity index (χ3n) is 3.19. The maximum absolute atomic E-state index is 12.4. The first-order chi connectivity index (χ1) is 11.0. The quantitative estimate of drug-likeness (QED) is 0.366. The molecule has 0 radical (unpaired) electrons. The largest absolute Gasteiger partial charge is 0.383 e. The molecule has 0 aliphatic rings. The summed E-state index contributed by atoms with van der Waals surface area (Å²) in [5.74, 6) is 0.370. The van der Waals surface area contributed by atoms with Crippen molar-refractivity contribution in [2.24, 2.45) is 10.7 Å². The van der Waals surface area contributed by atoms with Crippen LogP contribution in [0.2, 0.25) is 0 Å². The third-order valence-corrected chi connectivity index (χ3v) is 6.85. The number of methoxy groups -OCH3 is 1. The minimum Gasteiger partial charge on any atom is -0.383 e. The van der Waals surface area contributed by atoms with Gasteiger partial charge in [0, 0.05) is 31.6 Å². The van der Waals surface area contributed by atoms with E-state index in [0.717, 1.165) is 4.88 Å². The lowest BCUT2D eigenvalue weighted by Gasteiger charge is -2.16. The van der Waals surface area contributed by atoms with E-state index in [9.17, 15) is 8.42 Å². The van der Waals surface area contributed by atoms with Crippen LogP contribution in [0.3, 0.4) is 0 Å². The molecule has 23 heavy (non-hydrogen) atoms. The van der Waals surface area contributed by atoms with Gasteiger partial charge in [-0.3, -0.25) is 4.99 Å². The lowest BCUT2D eigenvalue weighted by atomic mass is 10.3. The predicted octanol–water partition coefficient (Wildman–Crippen LogP) is 0.872. The highest BCUT2D eigenvalue weighted by Crippen LogP contribution is 2.25. The van der Waals surface area contributed by atoms with Crippen molar-refractivity contribution in [1.29, 1.82) is 0 Å². The number of guanidine groups is 1. The van der Waals surface area contributed by atoms with E-state index in [0.29, 0.717) is 49.4 Å². The second-order valence-corrected chi connectivity index (χ2v) is 8.08. The summed E-state index contributed by atoms with van der Waals surface area (Å²) >= 11 is 1.30. The number of sulfonamides is 1. The lowest BCUT2D eigenvalue weighted by molar-refractivity contribution is 0.208. The number of rotatable bonds is 10. The molecule has 0 spiro atoms. The molecule has 0 aliphatic heterocycles. The van der Waals surface area contributed by atoms with Crippen LogP contribution < -0.4 is 11.1 Å². The van der Waals surface area contributed by atoms with Gasteiger partial charge in [0.1, 0.15) is 4.21 Å². The van der Waals surface area contributed by atoms with Gasteiger partial charge in [-0.05, 0) is 18.6 Å². The molecule has 0 aromatic carbocycles. The number of hydrogen-bond acceptors (Lipinski definition) is 5. The van der Waals surface area contributed by atoms with Crippen LogP contribution in [0.4, 0.5) is 0 Å². The molecule has 0 saturated heterocycles. The van der Waals surface area contributed by atoms with Gasteiger partial charge in [0.25, 0.3) is 10.0 Å². The zero-order valence-corrected chi connectivity index (χ0v) is 15.5. The Labute approximate surface area is 142 Å². The summed E-state index contributed by atoms with van der Waals surface area (Å²) in [6.07, 6.45) is 0.693. The van der Waals surface area contributed by atoms with E-state index in [1.54, 1.807) is 13.2 Å².